The number of nitrogens with two attached hydrogens (primary N) is 1. The number of para-hydroxylation sites is 1. The summed E-state index contributed by atoms with van der Waals surface area (Å²) in [5, 5.41) is 0. The Morgan fingerprint density at radius 2 is 2.00 bits per heavy atom. The molecule has 16 heavy (non-hydrogen) atoms. The summed E-state index contributed by atoms with van der Waals surface area (Å²) in [5.74, 6) is 6.17. The van der Waals surface area contributed by atoms with Crippen molar-refractivity contribution < 1.29 is 9.57 Å². The van der Waals surface area contributed by atoms with Gasteiger partial charge in [0, 0.05) is 11.0 Å². The molecule has 0 radical (unpaired) electrons. The van der Waals surface area contributed by atoms with Gasteiger partial charge in [-0.3, -0.25) is 0 Å². The summed E-state index contributed by atoms with van der Waals surface area (Å²) in [7, 11) is 0. The molecule has 1 aliphatic rings. The van der Waals surface area contributed by atoms with Gasteiger partial charge in [0.2, 0.25) is 0 Å². The molecule has 0 bridgehead atoms. The van der Waals surface area contributed by atoms with Crippen LogP contribution in [-0.4, -0.2) is 12.7 Å². The molecule has 0 amide bonds. The average Bonchev–Trinajstić information content (AvgIpc) is 2.99. The van der Waals surface area contributed by atoms with Crippen molar-refractivity contribution in [3.63, 3.8) is 0 Å². The molecule has 1 aromatic carbocycles. The Morgan fingerprint density at radius 3 is 2.56 bits per heavy atom. The van der Waals surface area contributed by atoms with Crippen LogP contribution in [0.1, 0.15) is 32.3 Å². The molecule has 0 aromatic heterocycles. The fourth-order valence-electron chi connectivity index (χ4n) is 2.06. The van der Waals surface area contributed by atoms with Crippen molar-refractivity contribution in [1.82, 2.24) is 0 Å². The van der Waals surface area contributed by atoms with E-state index in [9.17, 15) is 0 Å². The summed E-state index contributed by atoms with van der Waals surface area (Å²) < 4.78 is 5.82. The summed E-state index contributed by atoms with van der Waals surface area (Å²) in [4.78, 5) is 4.83. The number of ether oxygens (including phenoxy) is 1. The molecule has 3 nitrogen and oxygen atoms in total. The number of hydrogen-bond acceptors (Lipinski definition) is 3. The second kappa shape index (κ2) is 4.44. The average molecular weight is 221 g/mol. The lowest BCUT2D eigenvalue weighted by Gasteiger charge is -2.20. The van der Waals surface area contributed by atoms with Gasteiger partial charge in [0.05, 0.1) is 12.7 Å². The molecule has 0 spiro atoms. The Bertz CT molecular complexity index is 359. The predicted octanol–water partition coefficient (Wildman–Crippen LogP) is 2.40. The summed E-state index contributed by atoms with van der Waals surface area (Å²) in [6, 6.07) is 8.18. The molecule has 2 rings (SSSR count). The normalized spacial score (nSPS) is 17.5. The molecule has 1 saturated carbocycles. The first-order chi connectivity index (χ1) is 7.68. The van der Waals surface area contributed by atoms with Gasteiger partial charge in [-0.15, -0.1) is 0 Å². The Balaban J connectivity index is 2.26. The lowest BCUT2D eigenvalue weighted by atomic mass is 9.96. The molecule has 3 heteroatoms. The minimum atomic E-state index is 0.0975. The van der Waals surface area contributed by atoms with Crippen LogP contribution in [0.2, 0.25) is 0 Å². The largest absolute Gasteiger partial charge is 0.491 e. The number of benzene rings is 1. The highest BCUT2D eigenvalue weighted by molar-refractivity contribution is 5.43. The lowest BCUT2D eigenvalue weighted by molar-refractivity contribution is 0.114. The van der Waals surface area contributed by atoms with Crippen molar-refractivity contribution in [2.24, 2.45) is 5.90 Å². The first-order valence-corrected chi connectivity index (χ1v) is 5.76. The van der Waals surface area contributed by atoms with Crippen LogP contribution >= 0.6 is 0 Å². The molecular formula is C13H19NO2. The zero-order chi connectivity index (χ0) is 11.6. The predicted molar refractivity (Wildman–Crippen MR) is 63.3 cm³/mol. The third-order valence-corrected chi connectivity index (χ3v) is 3.03. The highest BCUT2D eigenvalue weighted by atomic mass is 16.6. The molecule has 88 valence electrons. The minimum absolute atomic E-state index is 0.0975. The molecular weight excluding hydrogens is 202 g/mol. The molecule has 0 unspecified atom stereocenters. The first-order valence-electron chi connectivity index (χ1n) is 5.76. The van der Waals surface area contributed by atoms with Crippen molar-refractivity contribution in [2.75, 3.05) is 6.61 Å². The van der Waals surface area contributed by atoms with Crippen LogP contribution < -0.4 is 10.6 Å². The van der Waals surface area contributed by atoms with Crippen molar-refractivity contribution in [3.8, 4) is 5.75 Å². The molecule has 0 aliphatic heterocycles. The van der Waals surface area contributed by atoms with Crippen LogP contribution in [0.5, 0.6) is 5.75 Å². The smallest absolute Gasteiger partial charge is 0.123 e. The van der Waals surface area contributed by atoms with Crippen LogP contribution in [0.3, 0.4) is 0 Å². The van der Waals surface area contributed by atoms with E-state index >= 15 is 0 Å². The van der Waals surface area contributed by atoms with E-state index in [2.05, 4.69) is 6.07 Å². The minimum Gasteiger partial charge on any atom is -0.491 e. The fourth-order valence-corrected chi connectivity index (χ4v) is 2.06. The van der Waals surface area contributed by atoms with E-state index in [-0.39, 0.29) is 11.5 Å². The van der Waals surface area contributed by atoms with Crippen LogP contribution in [0, 0.1) is 0 Å². The van der Waals surface area contributed by atoms with E-state index in [0.717, 1.165) is 18.6 Å². The van der Waals surface area contributed by atoms with Crippen LogP contribution in [0.15, 0.2) is 24.3 Å². The van der Waals surface area contributed by atoms with Gasteiger partial charge in [-0.1, -0.05) is 18.2 Å². The highest BCUT2D eigenvalue weighted by Crippen LogP contribution is 2.51. The SMILES string of the molecule is CC(C)Oc1ccccc1C1(CON)CC1. The van der Waals surface area contributed by atoms with Crippen LogP contribution in [-0.2, 0) is 10.3 Å². The molecule has 0 atom stereocenters. The molecule has 0 heterocycles. The second-order valence-corrected chi connectivity index (χ2v) is 4.75. The van der Waals surface area contributed by atoms with E-state index in [1.54, 1.807) is 0 Å². The number of rotatable bonds is 5. The van der Waals surface area contributed by atoms with Crippen LogP contribution in [0.25, 0.3) is 0 Å². The topological polar surface area (TPSA) is 44.5 Å². The maximum absolute atomic E-state index is 5.82. The Hall–Kier alpha value is -1.06. The number of hydrogen-bond donors (Lipinski definition) is 1. The van der Waals surface area contributed by atoms with Gasteiger partial charge in [0.1, 0.15) is 5.75 Å². The van der Waals surface area contributed by atoms with Crippen molar-refractivity contribution in [3.05, 3.63) is 29.8 Å². The first kappa shape index (κ1) is 11.4. The zero-order valence-corrected chi connectivity index (χ0v) is 9.90. The fraction of sp³-hybridized carbons (Fsp3) is 0.538. The molecule has 0 saturated heterocycles. The van der Waals surface area contributed by atoms with Gasteiger partial charge in [0.25, 0.3) is 0 Å². The van der Waals surface area contributed by atoms with Crippen molar-refractivity contribution in [1.29, 1.82) is 0 Å². The Labute approximate surface area is 96.5 Å². The quantitative estimate of drug-likeness (QED) is 0.776. The standard InChI is InChI=1S/C13H19NO2/c1-10(2)16-12-6-4-3-5-11(12)13(7-8-13)9-15-14/h3-6,10H,7-9,14H2,1-2H3. The van der Waals surface area contributed by atoms with Gasteiger partial charge in [-0.2, -0.15) is 0 Å². The summed E-state index contributed by atoms with van der Waals surface area (Å²) in [6.07, 6.45) is 2.45. The maximum atomic E-state index is 5.82. The Morgan fingerprint density at radius 1 is 1.31 bits per heavy atom. The Kier molecular flexibility index (Phi) is 3.17. The van der Waals surface area contributed by atoms with Crippen molar-refractivity contribution >= 4 is 0 Å². The van der Waals surface area contributed by atoms with E-state index in [1.807, 2.05) is 32.0 Å². The zero-order valence-electron chi connectivity index (χ0n) is 9.90. The van der Waals surface area contributed by atoms with Crippen LogP contribution in [0.4, 0.5) is 0 Å². The second-order valence-electron chi connectivity index (χ2n) is 4.75. The third-order valence-electron chi connectivity index (χ3n) is 3.03. The maximum Gasteiger partial charge on any atom is 0.123 e. The van der Waals surface area contributed by atoms with Gasteiger partial charge >= 0.3 is 0 Å². The van der Waals surface area contributed by atoms with Gasteiger partial charge in [-0.05, 0) is 32.8 Å². The summed E-state index contributed by atoms with van der Waals surface area (Å²) in [6.45, 7) is 4.65. The molecule has 2 N–H and O–H groups in total. The summed E-state index contributed by atoms with van der Waals surface area (Å²) in [5.41, 5.74) is 1.33. The van der Waals surface area contributed by atoms with E-state index in [1.165, 1.54) is 5.56 Å². The van der Waals surface area contributed by atoms with Gasteiger partial charge in [0.15, 0.2) is 0 Å². The van der Waals surface area contributed by atoms with E-state index in [0.29, 0.717) is 6.61 Å². The van der Waals surface area contributed by atoms with Gasteiger partial charge in [-0.25, -0.2) is 5.90 Å². The molecule has 1 aromatic rings. The van der Waals surface area contributed by atoms with E-state index in [4.69, 9.17) is 15.5 Å². The molecule has 1 aliphatic carbocycles. The monoisotopic (exact) mass is 221 g/mol. The summed E-state index contributed by atoms with van der Waals surface area (Å²) >= 11 is 0. The lowest BCUT2D eigenvalue weighted by Crippen LogP contribution is -2.20. The third kappa shape index (κ3) is 2.20. The van der Waals surface area contributed by atoms with Crippen molar-refractivity contribution in [2.45, 2.75) is 38.2 Å². The highest BCUT2D eigenvalue weighted by Gasteiger charge is 2.46. The van der Waals surface area contributed by atoms with E-state index < -0.39 is 0 Å². The van der Waals surface area contributed by atoms with Gasteiger partial charge < -0.3 is 9.57 Å². The molecule has 1 fully saturated rings.